The summed E-state index contributed by atoms with van der Waals surface area (Å²) >= 11 is 0. The maximum Gasteiger partial charge on any atom is 0.313 e. The number of hydrogen-bond donors (Lipinski definition) is 1. The minimum absolute atomic E-state index is 0.0336. The van der Waals surface area contributed by atoms with Crippen LogP contribution < -0.4 is 0 Å². The first-order valence-corrected chi connectivity index (χ1v) is 14.0. The highest BCUT2D eigenvalue weighted by Crippen LogP contribution is 2.65. The van der Waals surface area contributed by atoms with Gasteiger partial charge in [-0.25, -0.2) is 0 Å². The van der Waals surface area contributed by atoms with Crippen LogP contribution in [0, 0.1) is 17.8 Å². The second-order valence-corrected chi connectivity index (χ2v) is 11.5. The zero-order valence-electron chi connectivity index (χ0n) is 23.4. The molecule has 3 heterocycles. The summed E-state index contributed by atoms with van der Waals surface area (Å²) in [7, 11) is 0. The molecule has 0 aliphatic carbocycles. The number of likely N-dealkylation sites (tertiary alicyclic amines) is 1. The van der Waals surface area contributed by atoms with Crippen molar-refractivity contribution in [2.24, 2.45) is 17.8 Å². The lowest BCUT2D eigenvalue weighted by Gasteiger charge is -2.40. The molecule has 0 aromatic heterocycles. The van der Waals surface area contributed by atoms with Crippen LogP contribution in [0.1, 0.15) is 52.0 Å². The van der Waals surface area contributed by atoms with Crippen LogP contribution in [0.15, 0.2) is 55.6 Å². The third-order valence-electron chi connectivity index (χ3n) is 8.68. The Hall–Kier alpha value is -2.97. The van der Waals surface area contributed by atoms with Crippen LogP contribution in [-0.4, -0.2) is 75.7 Å². The van der Waals surface area contributed by atoms with E-state index in [0.717, 1.165) is 5.56 Å². The van der Waals surface area contributed by atoms with Crippen molar-refractivity contribution in [2.75, 3.05) is 19.8 Å². The Morgan fingerprint density at radius 2 is 1.95 bits per heavy atom. The van der Waals surface area contributed by atoms with Gasteiger partial charge in [-0.05, 0) is 37.2 Å². The number of rotatable bonds is 13. The average molecular weight is 539 g/mol. The standard InChI is InChI=1S/C31H42N2O6/c1-6-16-32(19-22-12-10-9-11-13-22)28(36)26-31-15-14-30(8-3,39-31)25(29(37)38-17-7-2)24(31)27(35)33(26)23(20-34)18-21(4)5/h6-7,9-13,21,23-26,34H,1-2,8,14-20H2,3-5H3/t23-,24+,25+,26?,30-,31?/m1/s1. The van der Waals surface area contributed by atoms with Gasteiger partial charge in [0.05, 0.1) is 24.2 Å². The lowest BCUT2D eigenvalue weighted by Crippen LogP contribution is -2.59. The highest BCUT2D eigenvalue weighted by molar-refractivity contribution is 5.98. The molecule has 8 heteroatoms. The van der Waals surface area contributed by atoms with E-state index in [9.17, 15) is 19.5 Å². The van der Waals surface area contributed by atoms with E-state index >= 15 is 0 Å². The van der Waals surface area contributed by atoms with Gasteiger partial charge in [0.2, 0.25) is 11.8 Å². The molecule has 0 saturated carbocycles. The second-order valence-electron chi connectivity index (χ2n) is 11.5. The van der Waals surface area contributed by atoms with Gasteiger partial charge in [0, 0.05) is 13.1 Å². The number of fused-ring (bicyclic) bond motifs is 1. The van der Waals surface area contributed by atoms with Gasteiger partial charge in [0.1, 0.15) is 24.2 Å². The van der Waals surface area contributed by atoms with Gasteiger partial charge in [-0.3, -0.25) is 14.4 Å². The maximum atomic E-state index is 14.6. The molecule has 2 amide bonds. The number of aliphatic hydroxyl groups excluding tert-OH is 1. The van der Waals surface area contributed by atoms with E-state index in [0.29, 0.717) is 32.2 Å². The van der Waals surface area contributed by atoms with Gasteiger partial charge in [0.25, 0.3) is 0 Å². The Kier molecular flexibility index (Phi) is 8.66. The molecule has 0 radical (unpaired) electrons. The van der Waals surface area contributed by atoms with Gasteiger partial charge in [-0.1, -0.05) is 69.8 Å². The number of amides is 2. The minimum Gasteiger partial charge on any atom is -0.461 e. The number of carbonyl (C=O) groups excluding carboxylic acids is 3. The zero-order valence-corrected chi connectivity index (χ0v) is 23.4. The van der Waals surface area contributed by atoms with Crippen LogP contribution in [0.25, 0.3) is 0 Å². The molecule has 1 aromatic carbocycles. The summed E-state index contributed by atoms with van der Waals surface area (Å²) in [6, 6.07) is 8.10. The van der Waals surface area contributed by atoms with Gasteiger partial charge >= 0.3 is 5.97 Å². The second kappa shape index (κ2) is 11.6. The molecule has 4 rings (SSSR count). The first kappa shape index (κ1) is 29.0. The van der Waals surface area contributed by atoms with Gasteiger partial charge in [0.15, 0.2) is 0 Å². The molecule has 1 N–H and O–H groups in total. The molecule has 3 fully saturated rings. The molecule has 3 saturated heterocycles. The first-order valence-electron chi connectivity index (χ1n) is 14.0. The highest BCUT2D eigenvalue weighted by Gasteiger charge is 2.79. The normalized spacial score (nSPS) is 29.8. The van der Waals surface area contributed by atoms with Crippen molar-refractivity contribution in [2.45, 2.75) is 76.3 Å². The third-order valence-corrected chi connectivity index (χ3v) is 8.68. The van der Waals surface area contributed by atoms with Crippen molar-refractivity contribution in [1.82, 2.24) is 9.80 Å². The van der Waals surface area contributed by atoms with Gasteiger partial charge in [-0.2, -0.15) is 0 Å². The summed E-state index contributed by atoms with van der Waals surface area (Å²) < 4.78 is 12.3. The molecule has 2 bridgehead atoms. The largest absolute Gasteiger partial charge is 0.461 e. The van der Waals surface area contributed by atoms with Gasteiger partial charge < -0.3 is 24.4 Å². The first-order chi connectivity index (χ1) is 18.7. The van der Waals surface area contributed by atoms with Crippen molar-refractivity contribution in [1.29, 1.82) is 0 Å². The molecule has 1 spiro atoms. The van der Waals surface area contributed by atoms with Gasteiger partial charge in [-0.15, -0.1) is 6.58 Å². The number of esters is 1. The number of ether oxygens (including phenoxy) is 2. The monoisotopic (exact) mass is 538 g/mol. The van der Waals surface area contributed by atoms with Crippen LogP contribution in [0.4, 0.5) is 0 Å². The van der Waals surface area contributed by atoms with E-state index in [1.165, 1.54) is 6.08 Å². The molecule has 6 atom stereocenters. The van der Waals surface area contributed by atoms with Crippen molar-refractivity contribution >= 4 is 17.8 Å². The SMILES string of the molecule is C=CCOC(=O)[C@@H]1[C@H]2C(=O)N([C@@H](CO)CC(C)C)C(C(=O)N(CC=C)Cc3ccccc3)C23CC[C@@]1(CC)O3. The molecule has 2 unspecified atom stereocenters. The van der Waals surface area contributed by atoms with E-state index in [2.05, 4.69) is 13.2 Å². The molecular formula is C31H42N2O6. The third kappa shape index (κ3) is 4.93. The summed E-state index contributed by atoms with van der Waals surface area (Å²) in [4.78, 5) is 45.6. The fourth-order valence-electron chi connectivity index (χ4n) is 7.10. The van der Waals surface area contributed by atoms with Crippen molar-refractivity contribution in [3.8, 4) is 0 Å². The lowest BCUT2D eigenvalue weighted by molar-refractivity contribution is -0.163. The summed E-state index contributed by atoms with van der Waals surface area (Å²) in [5, 5.41) is 10.5. The molecule has 1 aromatic rings. The number of aliphatic hydroxyl groups is 1. The Morgan fingerprint density at radius 3 is 2.54 bits per heavy atom. The lowest BCUT2D eigenvalue weighted by atomic mass is 9.65. The van der Waals surface area contributed by atoms with E-state index in [4.69, 9.17) is 9.47 Å². The van der Waals surface area contributed by atoms with Crippen LogP contribution in [-0.2, 0) is 30.4 Å². The van der Waals surface area contributed by atoms with Crippen molar-refractivity contribution in [3.05, 3.63) is 61.2 Å². The van der Waals surface area contributed by atoms with E-state index in [-0.39, 0.29) is 37.5 Å². The van der Waals surface area contributed by atoms with Crippen LogP contribution >= 0.6 is 0 Å². The molecule has 39 heavy (non-hydrogen) atoms. The number of nitrogens with zero attached hydrogens (tertiary/aromatic N) is 2. The molecule has 212 valence electrons. The molecule has 3 aliphatic heterocycles. The Balaban J connectivity index is 1.81. The molecule has 3 aliphatic rings. The van der Waals surface area contributed by atoms with E-state index in [1.807, 2.05) is 51.1 Å². The van der Waals surface area contributed by atoms with Crippen molar-refractivity contribution in [3.63, 3.8) is 0 Å². The summed E-state index contributed by atoms with van der Waals surface area (Å²) in [6.45, 7) is 13.8. The van der Waals surface area contributed by atoms with E-state index < -0.39 is 41.1 Å². The fraction of sp³-hybridized carbons (Fsp3) is 0.581. The topological polar surface area (TPSA) is 96.4 Å². The maximum absolute atomic E-state index is 14.6. The van der Waals surface area contributed by atoms with Crippen molar-refractivity contribution < 1.29 is 29.0 Å². The summed E-state index contributed by atoms with van der Waals surface area (Å²) in [6.07, 6.45) is 5.22. The Morgan fingerprint density at radius 1 is 1.23 bits per heavy atom. The molecule has 8 nitrogen and oxygen atoms in total. The quantitative estimate of drug-likeness (QED) is 0.305. The fourth-order valence-corrected chi connectivity index (χ4v) is 7.10. The van der Waals surface area contributed by atoms with Crippen LogP contribution in [0.2, 0.25) is 0 Å². The van der Waals surface area contributed by atoms with Crippen LogP contribution in [0.5, 0.6) is 0 Å². The summed E-state index contributed by atoms with van der Waals surface area (Å²) in [5.41, 5.74) is -1.10. The summed E-state index contributed by atoms with van der Waals surface area (Å²) in [5.74, 6) is -2.60. The molecular weight excluding hydrogens is 496 g/mol. The number of benzene rings is 1. The smallest absolute Gasteiger partial charge is 0.313 e. The average Bonchev–Trinajstić information content (AvgIpc) is 3.54. The Bertz CT molecular complexity index is 1090. The predicted octanol–water partition coefficient (Wildman–Crippen LogP) is 3.49. The predicted molar refractivity (Wildman–Crippen MR) is 147 cm³/mol. The number of carbonyl (C=O) groups is 3. The minimum atomic E-state index is -1.18. The Labute approximate surface area is 231 Å². The zero-order chi connectivity index (χ0) is 28.4. The van der Waals surface area contributed by atoms with E-state index in [1.54, 1.807) is 15.9 Å². The van der Waals surface area contributed by atoms with Crippen LogP contribution in [0.3, 0.4) is 0 Å². The number of hydrogen-bond acceptors (Lipinski definition) is 6. The highest BCUT2D eigenvalue weighted by atomic mass is 16.6.